The van der Waals surface area contributed by atoms with Crippen LogP contribution in [0, 0.1) is 0 Å². The van der Waals surface area contributed by atoms with Crippen LogP contribution in [0.25, 0.3) is 5.57 Å². The van der Waals surface area contributed by atoms with Crippen LogP contribution >= 0.6 is 7.82 Å². The normalized spacial score (nSPS) is 12.1. The molecule has 0 amide bonds. The second-order valence-electron chi connectivity index (χ2n) is 3.31. The molecule has 1 aromatic carbocycles. The summed E-state index contributed by atoms with van der Waals surface area (Å²) in [5.41, 5.74) is 0.672. The lowest BCUT2D eigenvalue weighted by Gasteiger charge is -2.12. The van der Waals surface area contributed by atoms with Gasteiger partial charge in [0, 0.05) is 14.2 Å². The van der Waals surface area contributed by atoms with Gasteiger partial charge >= 0.3 is 13.8 Å². The summed E-state index contributed by atoms with van der Waals surface area (Å²) < 4.78 is 30.5. The number of hydrogen-bond acceptors (Lipinski definition) is 6. The first-order chi connectivity index (χ1) is 9.06. The molecule has 0 radical (unpaired) electrons. The van der Waals surface area contributed by atoms with Crippen LogP contribution in [0.1, 0.15) is 5.56 Å². The number of ether oxygens (including phenoxy) is 1. The topological polar surface area (TPSA) is 71.1 Å². The van der Waals surface area contributed by atoms with Gasteiger partial charge < -0.3 is 9.26 Å². The van der Waals surface area contributed by atoms with Gasteiger partial charge in [-0.25, -0.2) is 9.36 Å². The molecule has 0 saturated heterocycles. The fourth-order valence-electron chi connectivity index (χ4n) is 1.24. The summed E-state index contributed by atoms with van der Waals surface area (Å²) in [6.07, 6.45) is 1.01. The Morgan fingerprint density at radius 3 is 2.16 bits per heavy atom. The number of esters is 1. The average molecular weight is 286 g/mol. The van der Waals surface area contributed by atoms with Gasteiger partial charge in [-0.2, -0.15) is 0 Å². The maximum Gasteiger partial charge on any atom is 0.528 e. The van der Waals surface area contributed by atoms with Gasteiger partial charge in [0.1, 0.15) is 11.8 Å². The number of hydrogen-bond donors (Lipinski definition) is 0. The molecule has 0 aliphatic heterocycles. The highest BCUT2D eigenvalue weighted by molar-refractivity contribution is 7.48. The van der Waals surface area contributed by atoms with E-state index in [9.17, 15) is 9.36 Å². The second-order valence-corrected chi connectivity index (χ2v) is 5.14. The molecular weight excluding hydrogens is 271 g/mol. The summed E-state index contributed by atoms with van der Waals surface area (Å²) in [5, 5.41) is 0. The zero-order valence-corrected chi connectivity index (χ0v) is 11.8. The first kappa shape index (κ1) is 15.4. The Morgan fingerprint density at radius 2 is 1.68 bits per heavy atom. The monoisotopic (exact) mass is 286 g/mol. The van der Waals surface area contributed by atoms with Crippen LogP contribution in [0.4, 0.5) is 0 Å². The number of carbonyl (C=O) groups is 1. The molecule has 0 aliphatic rings. The molecule has 0 atom stereocenters. The maximum atomic E-state index is 11.7. The molecular formula is C12H15O6P. The van der Waals surface area contributed by atoms with E-state index in [1.165, 1.54) is 21.3 Å². The van der Waals surface area contributed by atoms with Crippen molar-refractivity contribution < 1.29 is 27.7 Å². The summed E-state index contributed by atoms with van der Waals surface area (Å²) in [6.45, 7) is 0. The molecule has 0 N–H and O–H groups in total. The second kappa shape index (κ2) is 7.09. The molecule has 0 unspecified atom stereocenters. The highest BCUT2D eigenvalue weighted by atomic mass is 31.2. The first-order valence-corrected chi connectivity index (χ1v) is 6.76. The van der Waals surface area contributed by atoms with E-state index in [1.807, 2.05) is 0 Å². The van der Waals surface area contributed by atoms with Crippen LogP contribution < -0.4 is 0 Å². The van der Waals surface area contributed by atoms with Crippen molar-refractivity contribution in [2.75, 3.05) is 21.3 Å². The van der Waals surface area contributed by atoms with Gasteiger partial charge in [-0.3, -0.25) is 9.05 Å². The van der Waals surface area contributed by atoms with Gasteiger partial charge in [-0.05, 0) is 5.56 Å². The van der Waals surface area contributed by atoms with E-state index in [4.69, 9.17) is 4.52 Å². The standard InChI is InChI=1S/C12H15O6P/c1-15-12(13)11(10-7-5-4-6-8-10)9-18-19(14,16-2)17-3/h4-9H,1-3H3. The Hall–Kier alpha value is -1.62. The van der Waals surface area contributed by atoms with Gasteiger partial charge in [0.25, 0.3) is 0 Å². The Morgan fingerprint density at radius 1 is 1.11 bits per heavy atom. The van der Waals surface area contributed by atoms with Crippen molar-refractivity contribution >= 4 is 19.4 Å². The average Bonchev–Trinajstić information content (AvgIpc) is 2.48. The minimum Gasteiger partial charge on any atom is -0.465 e. The van der Waals surface area contributed by atoms with Gasteiger partial charge in [0.05, 0.1) is 7.11 Å². The smallest absolute Gasteiger partial charge is 0.465 e. The summed E-state index contributed by atoms with van der Waals surface area (Å²) in [5.74, 6) is -0.620. The van der Waals surface area contributed by atoms with Gasteiger partial charge in [0.2, 0.25) is 0 Å². The summed E-state index contributed by atoms with van der Waals surface area (Å²) in [6, 6.07) is 8.68. The lowest BCUT2D eigenvalue weighted by atomic mass is 10.1. The number of benzene rings is 1. The van der Waals surface area contributed by atoms with Crippen molar-refractivity contribution in [1.82, 2.24) is 0 Å². The molecule has 7 heteroatoms. The third-order valence-corrected chi connectivity index (χ3v) is 3.50. The van der Waals surface area contributed by atoms with E-state index in [0.29, 0.717) is 5.56 Å². The van der Waals surface area contributed by atoms with E-state index in [-0.39, 0.29) is 5.57 Å². The van der Waals surface area contributed by atoms with Crippen molar-refractivity contribution in [2.24, 2.45) is 0 Å². The van der Waals surface area contributed by atoms with Crippen LogP contribution in [0.2, 0.25) is 0 Å². The molecule has 104 valence electrons. The molecule has 0 aromatic heterocycles. The summed E-state index contributed by atoms with van der Waals surface area (Å²) >= 11 is 0. The van der Waals surface area contributed by atoms with E-state index < -0.39 is 13.8 Å². The van der Waals surface area contributed by atoms with E-state index in [2.05, 4.69) is 13.8 Å². The highest BCUT2D eigenvalue weighted by Crippen LogP contribution is 2.48. The molecule has 6 nitrogen and oxygen atoms in total. The van der Waals surface area contributed by atoms with Crippen molar-refractivity contribution in [3.05, 3.63) is 42.2 Å². The molecule has 0 saturated carbocycles. The minimum absolute atomic E-state index is 0.109. The Balaban J connectivity index is 3.06. The van der Waals surface area contributed by atoms with Crippen LogP contribution in [0.5, 0.6) is 0 Å². The largest absolute Gasteiger partial charge is 0.528 e. The van der Waals surface area contributed by atoms with Gasteiger partial charge in [-0.1, -0.05) is 30.3 Å². The number of phosphoric acid groups is 1. The predicted octanol–water partition coefficient (Wildman–Crippen LogP) is 2.62. The Bertz CT molecular complexity index is 488. The third-order valence-electron chi connectivity index (χ3n) is 2.24. The van der Waals surface area contributed by atoms with E-state index >= 15 is 0 Å². The fourth-order valence-corrected chi connectivity index (χ4v) is 1.80. The number of rotatable bonds is 6. The molecule has 0 heterocycles. The maximum absolute atomic E-state index is 11.7. The molecule has 0 spiro atoms. The van der Waals surface area contributed by atoms with Gasteiger partial charge in [-0.15, -0.1) is 0 Å². The highest BCUT2D eigenvalue weighted by Gasteiger charge is 2.24. The first-order valence-electron chi connectivity index (χ1n) is 5.30. The van der Waals surface area contributed by atoms with E-state index in [0.717, 1.165) is 6.26 Å². The SMILES string of the molecule is COC(=O)C(=COP(=O)(OC)OC)c1ccccc1. The molecule has 0 aliphatic carbocycles. The lowest BCUT2D eigenvalue weighted by molar-refractivity contribution is -0.133. The third kappa shape index (κ3) is 4.21. The Kier molecular flexibility index (Phi) is 5.76. The molecule has 0 fully saturated rings. The molecule has 19 heavy (non-hydrogen) atoms. The lowest BCUT2D eigenvalue weighted by Crippen LogP contribution is -2.04. The van der Waals surface area contributed by atoms with Crippen molar-refractivity contribution in [3.63, 3.8) is 0 Å². The van der Waals surface area contributed by atoms with E-state index in [1.54, 1.807) is 30.3 Å². The molecule has 0 bridgehead atoms. The zero-order valence-electron chi connectivity index (χ0n) is 10.9. The van der Waals surface area contributed by atoms with Crippen LogP contribution in [-0.2, 0) is 27.7 Å². The van der Waals surface area contributed by atoms with Crippen molar-refractivity contribution in [1.29, 1.82) is 0 Å². The zero-order chi connectivity index (χ0) is 14.3. The van der Waals surface area contributed by atoms with Crippen LogP contribution in [-0.4, -0.2) is 27.3 Å². The van der Waals surface area contributed by atoms with Crippen molar-refractivity contribution in [2.45, 2.75) is 0 Å². The molecule has 1 aromatic rings. The quantitative estimate of drug-likeness (QED) is 0.346. The number of methoxy groups -OCH3 is 1. The molecule has 1 rings (SSSR count). The van der Waals surface area contributed by atoms with Gasteiger partial charge in [0.15, 0.2) is 0 Å². The minimum atomic E-state index is -3.69. The van der Waals surface area contributed by atoms with Crippen LogP contribution in [0.15, 0.2) is 36.6 Å². The number of phosphoric ester groups is 1. The number of carbonyl (C=O) groups excluding carboxylic acids is 1. The van der Waals surface area contributed by atoms with Crippen LogP contribution in [0.3, 0.4) is 0 Å². The summed E-state index contributed by atoms with van der Waals surface area (Å²) in [4.78, 5) is 11.7. The fraction of sp³-hybridized carbons (Fsp3) is 0.250. The predicted molar refractivity (Wildman–Crippen MR) is 69.1 cm³/mol. The van der Waals surface area contributed by atoms with Crippen molar-refractivity contribution in [3.8, 4) is 0 Å². The summed E-state index contributed by atoms with van der Waals surface area (Å²) in [7, 11) is -0.0904. The Labute approximate surface area is 111 Å².